The molecule has 1 aromatic heterocycles. The van der Waals surface area contributed by atoms with Gasteiger partial charge in [-0.05, 0) is 55.6 Å². The predicted molar refractivity (Wildman–Crippen MR) is 115 cm³/mol. The zero-order valence-corrected chi connectivity index (χ0v) is 18.1. The maximum absolute atomic E-state index is 13.0. The summed E-state index contributed by atoms with van der Waals surface area (Å²) in [7, 11) is 0. The van der Waals surface area contributed by atoms with Crippen LogP contribution in [0.15, 0.2) is 24.4 Å². The van der Waals surface area contributed by atoms with Gasteiger partial charge < -0.3 is 16.4 Å². The molecule has 3 rings (SSSR count). The molecular formula is C20H32Cl2N4O2. The summed E-state index contributed by atoms with van der Waals surface area (Å²) in [5.74, 6) is 0.502. The first-order chi connectivity index (χ1) is 12.5. The summed E-state index contributed by atoms with van der Waals surface area (Å²) in [5, 5.41) is 6.11. The van der Waals surface area contributed by atoms with Crippen LogP contribution >= 0.6 is 24.8 Å². The van der Waals surface area contributed by atoms with Crippen molar-refractivity contribution in [2.75, 3.05) is 0 Å². The van der Waals surface area contributed by atoms with Gasteiger partial charge >= 0.3 is 0 Å². The van der Waals surface area contributed by atoms with Gasteiger partial charge in [-0.1, -0.05) is 26.3 Å². The molecule has 0 aromatic carbocycles. The minimum atomic E-state index is -0.569. The molecule has 2 bridgehead atoms. The van der Waals surface area contributed by atoms with Crippen molar-refractivity contribution in [3.8, 4) is 0 Å². The van der Waals surface area contributed by atoms with Crippen LogP contribution in [0.4, 0.5) is 0 Å². The highest BCUT2D eigenvalue weighted by molar-refractivity contribution is 5.96. The molecule has 1 heterocycles. The van der Waals surface area contributed by atoms with Gasteiger partial charge in [0.15, 0.2) is 0 Å². The van der Waals surface area contributed by atoms with Crippen LogP contribution in [0.3, 0.4) is 0 Å². The van der Waals surface area contributed by atoms with Crippen molar-refractivity contribution < 1.29 is 9.59 Å². The number of hydrogen-bond acceptors (Lipinski definition) is 4. The molecule has 2 aliphatic carbocycles. The largest absolute Gasteiger partial charge is 0.351 e. The Morgan fingerprint density at radius 2 is 1.79 bits per heavy atom. The molecule has 2 fully saturated rings. The second-order valence-electron chi connectivity index (χ2n) is 8.13. The van der Waals surface area contributed by atoms with E-state index in [-0.39, 0.29) is 54.6 Å². The summed E-state index contributed by atoms with van der Waals surface area (Å²) < 4.78 is 0. The number of hydrogen-bond donors (Lipinski definition) is 3. The number of aromatic nitrogens is 1. The van der Waals surface area contributed by atoms with Gasteiger partial charge in [-0.15, -0.1) is 24.8 Å². The van der Waals surface area contributed by atoms with E-state index in [0.29, 0.717) is 17.5 Å². The minimum Gasteiger partial charge on any atom is -0.351 e. The van der Waals surface area contributed by atoms with Crippen LogP contribution in [0.2, 0.25) is 0 Å². The summed E-state index contributed by atoms with van der Waals surface area (Å²) in [6.07, 6.45) is 7.01. The quantitative estimate of drug-likeness (QED) is 0.668. The summed E-state index contributed by atoms with van der Waals surface area (Å²) in [5.41, 5.74) is 6.51. The van der Waals surface area contributed by atoms with Crippen molar-refractivity contribution >= 4 is 36.6 Å². The Bertz CT molecular complexity index is 630. The number of pyridine rings is 1. The van der Waals surface area contributed by atoms with E-state index in [2.05, 4.69) is 15.6 Å². The first-order valence-corrected chi connectivity index (χ1v) is 9.73. The Balaban J connectivity index is 0.00000196. The van der Waals surface area contributed by atoms with E-state index in [1.54, 1.807) is 24.4 Å². The Morgan fingerprint density at radius 3 is 2.32 bits per heavy atom. The number of amides is 2. The van der Waals surface area contributed by atoms with E-state index in [0.717, 1.165) is 25.7 Å². The lowest BCUT2D eigenvalue weighted by atomic mass is 9.67. The van der Waals surface area contributed by atoms with Crippen LogP contribution in [-0.4, -0.2) is 34.9 Å². The molecule has 3 unspecified atom stereocenters. The van der Waals surface area contributed by atoms with Crippen molar-refractivity contribution in [3.05, 3.63) is 30.1 Å². The number of halogens is 2. The van der Waals surface area contributed by atoms with Gasteiger partial charge in [0.1, 0.15) is 11.7 Å². The highest BCUT2D eigenvalue weighted by Crippen LogP contribution is 2.39. The highest BCUT2D eigenvalue weighted by Gasteiger charge is 2.41. The summed E-state index contributed by atoms with van der Waals surface area (Å²) in [6, 6.07) is 5.04. The number of nitrogens with zero attached hydrogens (tertiary/aromatic N) is 1. The first kappa shape index (κ1) is 24.7. The fourth-order valence-corrected chi connectivity index (χ4v) is 4.53. The summed E-state index contributed by atoms with van der Waals surface area (Å²) in [6.45, 7) is 3.89. The summed E-state index contributed by atoms with van der Waals surface area (Å²) in [4.78, 5) is 29.4. The smallest absolute Gasteiger partial charge is 0.270 e. The van der Waals surface area contributed by atoms with Gasteiger partial charge in [-0.25, -0.2) is 0 Å². The van der Waals surface area contributed by atoms with E-state index in [9.17, 15) is 9.59 Å². The molecule has 28 heavy (non-hydrogen) atoms. The number of carbonyl (C=O) groups is 2. The average molecular weight is 431 g/mol. The van der Waals surface area contributed by atoms with Crippen LogP contribution in [0.25, 0.3) is 0 Å². The Morgan fingerprint density at radius 1 is 1.14 bits per heavy atom. The molecule has 2 saturated carbocycles. The van der Waals surface area contributed by atoms with E-state index < -0.39 is 6.04 Å². The third kappa shape index (κ3) is 5.82. The number of carbonyl (C=O) groups excluding carboxylic acids is 2. The van der Waals surface area contributed by atoms with E-state index in [1.165, 1.54) is 6.42 Å². The molecule has 0 radical (unpaired) electrons. The molecule has 6 nitrogen and oxygen atoms in total. The van der Waals surface area contributed by atoms with Crippen LogP contribution in [-0.2, 0) is 4.79 Å². The maximum atomic E-state index is 13.0. The van der Waals surface area contributed by atoms with Crippen molar-refractivity contribution in [1.82, 2.24) is 15.6 Å². The van der Waals surface area contributed by atoms with Crippen molar-refractivity contribution in [3.63, 3.8) is 0 Å². The zero-order valence-electron chi connectivity index (χ0n) is 16.5. The monoisotopic (exact) mass is 430 g/mol. The van der Waals surface area contributed by atoms with Gasteiger partial charge in [0.2, 0.25) is 5.91 Å². The van der Waals surface area contributed by atoms with Crippen LogP contribution < -0.4 is 16.4 Å². The van der Waals surface area contributed by atoms with Crippen LogP contribution in [0.1, 0.15) is 56.4 Å². The Kier molecular flexibility index (Phi) is 9.67. The first-order valence-electron chi connectivity index (χ1n) is 9.73. The molecular weight excluding hydrogens is 399 g/mol. The van der Waals surface area contributed by atoms with Crippen LogP contribution in [0, 0.1) is 17.8 Å². The molecule has 2 amide bonds. The molecule has 2 aliphatic rings. The topological polar surface area (TPSA) is 97.1 Å². The van der Waals surface area contributed by atoms with E-state index in [4.69, 9.17) is 5.73 Å². The third-order valence-electron chi connectivity index (χ3n) is 5.82. The maximum Gasteiger partial charge on any atom is 0.270 e. The summed E-state index contributed by atoms with van der Waals surface area (Å²) >= 11 is 0. The molecule has 1 aromatic rings. The molecule has 4 N–H and O–H groups in total. The van der Waals surface area contributed by atoms with Crippen molar-refractivity contribution in [2.24, 2.45) is 23.5 Å². The zero-order chi connectivity index (χ0) is 18.7. The second-order valence-corrected chi connectivity index (χ2v) is 8.13. The number of fused-ring (bicyclic) bond motifs is 2. The van der Waals surface area contributed by atoms with Crippen molar-refractivity contribution in [2.45, 2.75) is 64.1 Å². The van der Waals surface area contributed by atoms with E-state index in [1.807, 2.05) is 13.8 Å². The van der Waals surface area contributed by atoms with Gasteiger partial charge in [-0.2, -0.15) is 0 Å². The Labute approximate surface area is 179 Å². The number of rotatable bonds is 5. The molecule has 0 spiro atoms. The van der Waals surface area contributed by atoms with E-state index >= 15 is 0 Å². The standard InChI is InChI=1S/C20H30N4O2.2ClH/c1-12(2)17(23-19(25)16-8-3-4-9-22-16)20(26)24-18-13-6-5-7-14(18)11-15(21)10-13;;/h3-4,8-9,12-15,17-18H,5-7,10-11,21H2,1-2H3,(H,23,25)(H,24,26);2*1H. The lowest BCUT2D eigenvalue weighted by Crippen LogP contribution is -2.58. The molecule has 8 heteroatoms. The van der Waals surface area contributed by atoms with Crippen molar-refractivity contribution in [1.29, 1.82) is 0 Å². The predicted octanol–water partition coefficient (Wildman–Crippen LogP) is 2.70. The SMILES string of the molecule is CC(C)C(NC(=O)c1ccccn1)C(=O)NC1C2CCCC1CC(N)C2.Cl.Cl. The van der Waals surface area contributed by atoms with Gasteiger partial charge in [-0.3, -0.25) is 14.6 Å². The second kappa shape index (κ2) is 11.0. The lowest BCUT2D eigenvalue weighted by molar-refractivity contribution is -0.126. The average Bonchev–Trinajstić information content (AvgIpc) is 2.60. The van der Waals surface area contributed by atoms with Gasteiger partial charge in [0, 0.05) is 18.3 Å². The molecule has 3 atom stereocenters. The molecule has 0 saturated heterocycles. The molecule has 0 aliphatic heterocycles. The normalized spacial score (nSPS) is 27.0. The minimum absolute atomic E-state index is 0. The Hall–Kier alpha value is -1.37. The van der Waals surface area contributed by atoms with Gasteiger partial charge in [0.25, 0.3) is 5.91 Å². The lowest BCUT2D eigenvalue weighted by Gasteiger charge is -2.45. The van der Waals surface area contributed by atoms with Crippen LogP contribution in [0.5, 0.6) is 0 Å². The number of nitrogens with two attached hydrogens (primary N) is 1. The van der Waals surface area contributed by atoms with Gasteiger partial charge in [0.05, 0.1) is 0 Å². The number of nitrogens with one attached hydrogen (secondary N) is 2. The fourth-order valence-electron chi connectivity index (χ4n) is 4.53. The fraction of sp³-hybridized carbons (Fsp3) is 0.650. The molecule has 158 valence electrons. The highest BCUT2D eigenvalue weighted by atomic mass is 35.5. The third-order valence-corrected chi connectivity index (χ3v) is 5.82.